The maximum absolute atomic E-state index is 11.5. The maximum atomic E-state index is 11.5. The first-order chi connectivity index (χ1) is 15.0. The molecule has 160 valence electrons. The van der Waals surface area contributed by atoms with Gasteiger partial charge < -0.3 is 14.8 Å². The number of alkyl carbamates (subject to hydrolysis) is 1. The molecule has 1 aliphatic heterocycles. The van der Waals surface area contributed by atoms with Crippen LogP contribution in [0.3, 0.4) is 0 Å². The molecule has 1 atom stereocenters. The van der Waals surface area contributed by atoms with Gasteiger partial charge in [-0.1, -0.05) is 48.5 Å². The number of halogens is 1. The van der Waals surface area contributed by atoms with Gasteiger partial charge in [0, 0.05) is 0 Å². The molecule has 1 aliphatic carbocycles. The van der Waals surface area contributed by atoms with Crippen molar-refractivity contribution in [1.82, 2.24) is 5.32 Å². The first-order valence-electron chi connectivity index (χ1n) is 10.9. The first kappa shape index (κ1) is 20.6. The van der Waals surface area contributed by atoms with Gasteiger partial charge in [-0.2, -0.15) is 0 Å². The van der Waals surface area contributed by atoms with Crippen LogP contribution in [0.5, 0.6) is 5.75 Å². The molecule has 2 fully saturated rings. The standard InChI is InChI=1S/C26H26INO3/c1-26(16-30-25(29)28-26)20-10-13-22-19(15-20)9-14-23(24(22)27)31-21-11-7-18(8-12-21)17-5-3-2-4-6-17/h2-6,9-10,13-15,18,21H,7-8,11-12,16H2,1H3,(H,28,29)/t18-,21-,26-/m0/s1. The zero-order chi connectivity index (χ0) is 21.4. The van der Waals surface area contributed by atoms with Crippen molar-refractivity contribution in [3.8, 4) is 5.75 Å². The van der Waals surface area contributed by atoms with Gasteiger partial charge in [-0.15, -0.1) is 0 Å². The van der Waals surface area contributed by atoms with Crippen LogP contribution >= 0.6 is 22.6 Å². The highest BCUT2D eigenvalue weighted by atomic mass is 127. The van der Waals surface area contributed by atoms with E-state index < -0.39 is 5.54 Å². The third-order valence-electron chi connectivity index (χ3n) is 6.66. The summed E-state index contributed by atoms with van der Waals surface area (Å²) >= 11 is 2.40. The lowest BCUT2D eigenvalue weighted by molar-refractivity contribution is 0.145. The fourth-order valence-corrected chi connectivity index (χ4v) is 5.59. The Hall–Kier alpha value is -2.28. The summed E-state index contributed by atoms with van der Waals surface area (Å²) in [5.74, 6) is 1.62. The number of hydrogen-bond donors (Lipinski definition) is 1. The van der Waals surface area contributed by atoms with Gasteiger partial charge in [0.05, 0.1) is 15.2 Å². The summed E-state index contributed by atoms with van der Waals surface area (Å²) in [6.45, 7) is 2.34. The van der Waals surface area contributed by atoms with E-state index in [4.69, 9.17) is 9.47 Å². The van der Waals surface area contributed by atoms with Crippen molar-refractivity contribution >= 4 is 39.5 Å². The van der Waals surface area contributed by atoms with Crippen LogP contribution in [0.2, 0.25) is 0 Å². The van der Waals surface area contributed by atoms with Crippen molar-refractivity contribution in [2.45, 2.75) is 50.2 Å². The molecular formula is C26H26INO3. The SMILES string of the molecule is C[C@@]1(c2ccc3c(I)c(O[C@H]4CC[C@H](c5ccccc5)CC4)ccc3c2)COC(=O)N1. The number of amides is 1. The second-order valence-electron chi connectivity index (χ2n) is 8.85. The van der Waals surface area contributed by atoms with Crippen LogP contribution in [0.1, 0.15) is 49.7 Å². The molecule has 0 spiro atoms. The Balaban J connectivity index is 1.30. The Morgan fingerprint density at radius 1 is 1.03 bits per heavy atom. The zero-order valence-electron chi connectivity index (χ0n) is 17.6. The average Bonchev–Trinajstić information content (AvgIpc) is 3.16. The number of ether oxygens (including phenoxy) is 2. The minimum absolute atomic E-state index is 0.273. The predicted octanol–water partition coefficient (Wildman–Crippen LogP) is 6.50. The van der Waals surface area contributed by atoms with E-state index in [-0.39, 0.29) is 12.2 Å². The Morgan fingerprint density at radius 3 is 2.52 bits per heavy atom. The molecule has 1 N–H and O–H groups in total. The van der Waals surface area contributed by atoms with Gasteiger partial charge >= 0.3 is 6.09 Å². The van der Waals surface area contributed by atoms with E-state index in [0.29, 0.717) is 12.5 Å². The third kappa shape index (κ3) is 4.12. The van der Waals surface area contributed by atoms with Gasteiger partial charge in [0.1, 0.15) is 12.4 Å². The summed E-state index contributed by atoms with van der Waals surface area (Å²) in [4.78, 5) is 11.5. The highest BCUT2D eigenvalue weighted by Crippen LogP contribution is 2.37. The number of fused-ring (bicyclic) bond motifs is 1. The number of cyclic esters (lactones) is 1. The monoisotopic (exact) mass is 527 g/mol. The van der Waals surface area contributed by atoms with E-state index in [9.17, 15) is 4.79 Å². The molecule has 2 aliphatic rings. The van der Waals surface area contributed by atoms with Crippen molar-refractivity contribution in [3.63, 3.8) is 0 Å². The molecule has 1 heterocycles. The molecule has 0 bridgehead atoms. The highest BCUT2D eigenvalue weighted by molar-refractivity contribution is 14.1. The minimum atomic E-state index is -0.483. The normalized spacial score (nSPS) is 25.8. The Morgan fingerprint density at radius 2 is 1.81 bits per heavy atom. The molecule has 5 rings (SSSR count). The van der Waals surface area contributed by atoms with Gasteiger partial charge in [0.15, 0.2) is 0 Å². The smallest absolute Gasteiger partial charge is 0.408 e. The Kier molecular flexibility index (Phi) is 5.54. The number of benzene rings is 3. The van der Waals surface area contributed by atoms with Crippen LogP contribution in [0.25, 0.3) is 10.8 Å². The van der Waals surface area contributed by atoms with Crippen LogP contribution in [0, 0.1) is 3.57 Å². The van der Waals surface area contributed by atoms with Crippen LogP contribution in [-0.2, 0) is 10.3 Å². The van der Waals surface area contributed by atoms with E-state index in [1.54, 1.807) is 0 Å². The Bertz CT molecular complexity index is 1110. The number of carbonyl (C=O) groups is 1. The molecule has 0 aromatic heterocycles. The number of rotatable bonds is 4. The zero-order valence-corrected chi connectivity index (χ0v) is 19.7. The Labute approximate surface area is 196 Å². The van der Waals surface area contributed by atoms with Crippen molar-refractivity contribution in [2.75, 3.05) is 6.61 Å². The molecular weight excluding hydrogens is 501 g/mol. The van der Waals surface area contributed by atoms with Crippen molar-refractivity contribution in [2.24, 2.45) is 0 Å². The summed E-state index contributed by atoms with van der Waals surface area (Å²) in [7, 11) is 0. The first-order valence-corrected chi connectivity index (χ1v) is 12.0. The van der Waals surface area contributed by atoms with E-state index in [2.05, 4.69) is 88.6 Å². The molecule has 3 aromatic carbocycles. The summed E-state index contributed by atoms with van der Waals surface area (Å²) in [6.07, 6.45) is 4.44. The van der Waals surface area contributed by atoms with Gasteiger partial charge in [0.2, 0.25) is 0 Å². The summed E-state index contributed by atoms with van der Waals surface area (Å²) in [6, 6.07) is 21.4. The second-order valence-corrected chi connectivity index (χ2v) is 9.93. The summed E-state index contributed by atoms with van der Waals surface area (Å²) < 4.78 is 12.7. The van der Waals surface area contributed by atoms with Gasteiger partial charge in [0.25, 0.3) is 0 Å². The van der Waals surface area contributed by atoms with E-state index >= 15 is 0 Å². The molecule has 31 heavy (non-hydrogen) atoms. The van der Waals surface area contributed by atoms with Gasteiger partial charge in [-0.3, -0.25) is 0 Å². The fraction of sp³-hybridized carbons (Fsp3) is 0.346. The number of nitrogens with one attached hydrogen (secondary N) is 1. The van der Waals surface area contributed by atoms with E-state index in [1.807, 2.05) is 6.92 Å². The lowest BCUT2D eigenvalue weighted by atomic mass is 9.83. The largest absolute Gasteiger partial charge is 0.489 e. The summed E-state index contributed by atoms with van der Waals surface area (Å²) in [5.41, 5.74) is 2.02. The van der Waals surface area contributed by atoms with E-state index in [1.165, 1.54) is 23.8 Å². The van der Waals surface area contributed by atoms with Gasteiger partial charge in [-0.05, 0) is 95.1 Å². The van der Waals surface area contributed by atoms with E-state index in [0.717, 1.165) is 33.1 Å². The fourth-order valence-electron chi connectivity index (χ4n) is 4.79. The molecule has 1 amide bonds. The average molecular weight is 527 g/mol. The molecule has 0 unspecified atom stereocenters. The number of carbonyl (C=O) groups excluding carboxylic acids is 1. The predicted molar refractivity (Wildman–Crippen MR) is 131 cm³/mol. The quantitative estimate of drug-likeness (QED) is 0.394. The van der Waals surface area contributed by atoms with Crippen LogP contribution < -0.4 is 10.1 Å². The third-order valence-corrected chi connectivity index (χ3v) is 7.78. The molecule has 1 saturated carbocycles. The lowest BCUT2D eigenvalue weighted by Crippen LogP contribution is -2.37. The molecule has 0 radical (unpaired) electrons. The molecule has 4 nitrogen and oxygen atoms in total. The second kappa shape index (κ2) is 8.34. The van der Waals surface area contributed by atoms with Crippen molar-refractivity contribution in [3.05, 3.63) is 75.4 Å². The van der Waals surface area contributed by atoms with Crippen molar-refractivity contribution < 1.29 is 14.3 Å². The molecule has 1 saturated heterocycles. The maximum Gasteiger partial charge on any atom is 0.408 e. The van der Waals surface area contributed by atoms with Crippen LogP contribution in [0.15, 0.2) is 60.7 Å². The van der Waals surface area contributed by atoms with Gasteiger partial charge in [-0.25, -0.2) is 4.79 Å². The van der Waals surface area contributed by atoms with Crippen LogP contribution in [-0.4, -0.2) is 18.8 Å². The topological polar surface area (TPSA) is 47.6 Å². The van der Waals surface area contributed by atoms with Crippen molar-refractivity contribution in [1.29, 1.82) is 0 Å². The molecule has 3 aromatic rings. The molecule has 5 heteroatoms. The highest BCUT2D eigenvalue weighted by Gasteiger charge is 2.36. The lowest BCUT2D eigenvalue weighted by Gasteiger charge is -2.29. The minimum Gasteiger partial charge on any atom is -0.489 e. The number of hydrogen-bond acceptors (Lipinski definition) is 3. The summed E-state index contributed by atoms with van der Waals surface area (Å²) in [5, 5.41) is 5.24. The van der Waals surface area contributed by atoms with Crippen LogP contribution in [0.4, 0.5) is 4.79 Å².